The van der Waals surface area contributed by atoms with Gasteiger partial charge in [0.15, 0.2) is 0 Å². The molecule has 0 fully saturated rings. The van der Waals surface area contributed by atoms with Crippen LogP contribution in [0.3, 0.4) is 0 Å². The molecular weight excluding hydrogens is 693 g/mol. The van der Waals surface area contributed by atoms with Gasteiger partial charge in [-0.05, 0) is 110 Å². The lowest BCUT2D eigenvalue weighted by Gasteiger charge is -2.18. The van der Waals surface area contributed by atoms with Crippen LogP contribution < -0.4 is 11.5 Å². The number of hydrogen-bond donors (Lipinski definition) is 2. The third-order valence-electron chi connectivity index (χ3n) is 10.7. The van der Waals surface area contributed by atoms with Gasteiger partial charge in [-0.2, -0.15) is 0 Å². The van der Waals surface area contributed by atoms with E-state index in [0.717, 1.165) is 34.9 Å². The number of nitrogens with zero attached hydrogens (tertiary/aromatic N) is 2. The van der Waals surface area contributed by atoms with E-state index in [2.05, 4.69) is 173 Å². The summed E-state index contributed by atoms with van der Waals surface area (Å²) in [5.74, 6) is 0. The summed E-state index contributed by atoms with van der Waals surface area (Å²) in [5, 5.41) is 7.32. The van der Waals surface area contributed by atoms with Crippen LogP contribution in [0.1, 0.15) is 11.1 Å². The van der Waals surface area contributed by atoms with E-state index in [1.54, 1.807) is 0 Å². The number of benzene rings is 7. The number of fused-ring (bicyclic) bond motifs is 5. The lowest BCUT2D eigenvalue weighted by Crippen LogP contribution is -2.08. The van der Waals surface area contributed by atoms with Crippen LogP contribution >= 0.6 is 0 Å². The second-order valence-corrected chi connectivity index (χ2v) is 14.3. The van der Waals surface area contributed by atoms with Crippen LogP contribution in [0.25, 0.3) is 71.3 Å². The SMILES string of the molecule is NC(=C\C=C/Cc1ccc2c(-c3ccccc3)c3ccccc3c(-c3ccccc3)c2c1)/C(N)=C/C=C\Cc1ccc2c(c1)c1cnccc1n2-c1ccccc1. The average Bonchev–Trinajstić information content (AvgIpc) is 3.60. The minimum atomic E-state index is 0.530. The van der Waals surface area contributed by atoms with Gasteiger partial charge in [-0.3, -0.25) is 4.98 Å². The third kappa shape index (κ3) is 7.01. The number of pyridine rings is 1. The van der Waals surface area contributed by atoms with Crippen LogP contribution in [0.15, 0.2) is 218 Å². The van der Waals surface area contributed by atoms with Crippen molar-refractivity contribution < 1.29 is 0 Å². The minimum Gasteiger partial charge on any atom is -0.397 e. The molecule has 0 aliphatic rings. The highest BCUT2D eigenvalue weighted by Gasteiger charge is 2.17. The summed E-state index contributed by atoms with van der Waals surface area (Å²) in [6.45, 7) is 0. The molecule has 4 heteroatoms. The normalized spacial score (nSPS) is 12.6. The predicted molar refractivity (Wildman–Crippen MR) is 241 cm³/mol. The second kappa shape index (κ2) is 15.7. The third-order valence-corrected chi connectivity index (χ3v) is 10.7. The molecule has 0 amide bonds. The Labute approximate surface area is 333 Å². The van der Waals surface area contributed by atoms with Crippen molar-refractivity contribution in [2.45, 2.75) is 12.8 Å². The highest BCUT2D eigenvalue weighted by atomic mass is 15.0. The van der Waals surface area contributed by atoms with E-state index in [1.807, 2.05) is 42.8 Å². The van der Waals surface area contributed by atoms with Crippen molar-refractivity contribution >= 4 is 43.4 Å². The molecule has 2 aromatic heterocycles. The van der Waals surface area contributed by atoms with Crippen molar-refractivity contribution in [2.75, 3.05) is 0 Å². The maximum Gasteiger partial charge on any atom is 0.0571 e. The van der Waals surface area contributed by atoms with Gasteiger partial charge in [0.05, 0.1) is 22.4 Å². The lowest BCUT2D eigenvalue weighted by molar-refractivity contribution is 1.17. The van der Waals surface area contributed by atoms with Gasteiger partial charge in [0.2, 0.25) is 0 Å². The molecule has 0 radical (unpaired) electrons. The molecule has 57 heavy (non-hydrogen) atoms. The molecule has 0 atom stereocenters. The number of aromatic nitrogens is 2. The van der Waals surface area contributed by atoms with Crippen LogP contribution in [0.5, 0.6) is 0 Å². The van der Waals surface area contributed by atoms with E-state index in [9.17, 15) is 0 Å². The smallest absolute Gasteiger partial charge is 0.0571 e. The Morgan fingerprint density at radius 2 is 0.965 bits per heavy atom. The van der Waals surface area contributed by atoms with E-state index in [4.69, 9.17) is 11.5 Å². The van der Waals surface area contributed by atoms with E-state index < -0.39 is 0 Å². The Hall–Kier alpha value is -7.43. The number of hydrogen-bond acceptors (Lipinski definition) is 3. The fourth-order valence-electron chi connectivity index (χ4n) is 8.02. The summed E-state index contributed by atoms with van der Waals surface area (Å²) in [7, 11) is 0. The monoisotopic (exact) mass is 734 g/mol. The molecular formula is C53H42N4. The summed E-state index contributed by atoms with van der Waals surface area (Å²) in [4.78, 5) is 4.43. The molecule has 0 unspecified atom stereocenters. The zero-order valence-electron chi connectivity index (χ0n) is 31.6. The van der Waals surface area contributed by atoms with Gasteiger partial charge in [-0.25, -0.2) is 0 Å². The molecule has 0 aliphatic heterocycles. The van der Waals surface area contributed by atoms with Gasteiger partial charge < -0.3 is 16.0 Å². The van der Waals surface area contributed by atoms with Gasteiger partial charge in [-0.1, -0.05) is 152 Å². The number of rotatable bonds is 10. The Morgan fingerprint density at radius 3 is 1.58 bits per heavy atom. The van der Waals surface area contributed by atoms with Crippen molar-refractivity contribution in [3.8, 4) is 27.9 Å². The fraction of sp³-hybridized carbons (Fsp3) is 0.0377. The van der Waals surface area contributed by atoms with Gasteiger partial charge in [-0.15, -0.1) is 0 Å². The first-order valence-electron chi connectivity index (χ1n) is 19.4. The predicted octanol–water partition coefficient (Wildman–Crippen LogP) is 12.4. The quantitative estimate of drug-likeness (QED) is 0.109. The molecule has 0 aliphatic carbocycles. The number of nitrogens with two attached hydrogens (primary N) is 2. The molecule has 2 heterocycles. The topological polar surface area (TPSA) is 69.9 Å². The zero-order chi connectivity index (χ0) is 38.6. The number of allylic oxidation sites excluding steroid dienone is 6. The van der Waals surface area contributed by atoms with E-state index >= 15 is 0 Å². The molecule has 4 N–H and O–H groups in total. The van der Waals surface area contributed by atoms with Crippen LogP contribution in [0.2, 0.25) is 0 Å². The van der Waals surface area contributed by atoms with E-state index in [1.165, 1.54) is 60.3 Å². The average molecular weight is 735 g/mol. The van der Waals surface area contributed by atoms with Gasteiger partial charge >= 0.3 is 0 Å². The molecule has 7 aromatic carbocycles. The first kappa shape index (κ1) is 35.3. The zero-order valence-corrected chi connectivity index (χ0v) is 31.6. The Balaban J connectivity index is 0.933. The lowest BCUT2D eigenvalue weighted by atomic mass is 9.85. The van der Waals surface area contributed by atoms with Crippen molar-refractivity contribution in [1.29, 1.82) is 0 Å². The first-order chi connectivity index (χ1) is 28.1. The standard InChI is InChI=1S/C53H42N4/c54-48(49(55)27-15-11-17-38-29-31-50-45(34-38)47-36-56-33-32-51(47)57(50)41-22-8-3-9-23-41)26-14-10-16-37-28-30-44-46(35-37)53(40-20-6-2-7-21-40)43-25-13-12-24-42(43)52(44)39-18-4-1-5-19-39/h1-15,18-36H,16-17,54-55H2/b14-10-,15-11-,48-26-,49-27-. The molecule has 0 bridgehead atoms. The largest absolute Gasteiger partial charge is 0.397 e. The molecule has 9 aromatic rings. The summed E-state index contributed by atoms with van der Waals surface area (Å²) in [5.41, 5.74) is 24.7. The first-order valence-corrected chi connectivity index (χ1v) is 19.4. The molecule has 9 rings (SSSR count). The van der Waals surface area contributed by atoms with E-state index in [0.29, 0.717) is 11.4 Å². The van der Waals surface area contributed by atoms with Crippen molar-refractivity contribution in [3.05, 3.63) is 229 Å². The molecule has 0 saturated carbocycles. The number of para-hydroxylation sites is 1. The van der Waals surface area contributed by atoms with Gasteiger partial charge in [0, 0.05) is 28.9 Å². The van der Waals surface area contributed by atoms with Crippen molar-refractivity contribution in [3.63, 3.8) is 0 Å². The van der Waals surface area contributed by atoms with Crippen LogP contribution in [0.4, 0.5) is 0 Å². The summed E-state index contributed by atoms with van der Waals surface area (Å²) in [6, 6.07) is 56.3. The summed E-state index contributed by atoms with van der Waals surface area (Å²) in [6.07, 6.45) is 17.3. The van der Waals surface area contributed by atoms with Crippen LogP contribution in [0, 0.1) is 0 Å². The van der Waals surface area contributed by atoms with Crippen molar-refractivity contribution in [1.82, 2.24) is 9.55 Å². The minimum absolute atomic E-state index is 0.530. The Bertz CT molecular complexity index is 3010. The molecule has 0 saturated heterocycles. The molecule has 274 valence electrons. The van der Waals surface area contributed by atoms with Crippen molar-refractivity contribution in [2.24, 2.45) is 11.5 Å². The maximum atomic E-state index is 6.41. The highest BCUT2D eigenvalue weighted by molar-refractivity contribution is 6.21. The highest BCUT2D eigenvalue weighted by Crippen LogP contribution is 2.44. The van der Waals surface area contributed by atoms with Crippen LogP contribution in [-0.4, -0.2) is 9.55 Å². The maximum absolute atomic E-state index is 6.41. The Morgan fingerprint density at radius 1 is 0.474 bits per heavy atom. The van der Waals surface area contributed by atoms with Gasteiger partial charge in [0.1, 0.15) is 0 Å². The van der Waals surface area contributed by atoms with E-state index in [-0.39, 0.29) is 0 Å². The summed E-state index contributed by atoms with van der Waals surface area (Å²) < 4.78 is 2.30. The van der Waals surface area contributed by atoms with Gasteiger partial charge in [0.25, 0.3) is 0 Å². The molecule has 4 nitrogen and oxygen atoms in total. The summed E-state index contributed by atoms with van der Waals surface area (Å²) >= 11 is 0. The van der Waals surface area contributed by atoms with Crippen LogP contribution in [-0.2, 0) is 12.8 Å². The fourth-order valence-corrected chi connectivity index (χ4v) is 8.02. The molecule has 0 spiro atoms. The Kier molecular flexibility index (Phi) is 9.74. The second-order valence-electron chi connectivity index (χ2n) is 14.3.